The standard InChI is InChI=1S/C17H24N2O2/c1-11(2)13-5-7-14(8-6-13)15-16(20)18-9-10-19(15)17(21)12(3)4/h5-8,11-12,15H,9-10H2,1-4H3,(H,18,20). The highest BCUT2D eigenvalue weighted by Crippen LogP contribution is 2.26. The Morgan fingerprint density at radius 1 is 1.19 bits per heavy atom. The molecule has 1 saturated heterocycles. The van der Waals surface area contributed by atoms with Crippen molar-refractivity contribution in [1.82, 2.24) is 10.2 Å². The van der Waals surface area contributed by atoms with E-state index in [1.165, 1.54) is 5.56 Å². The van der Waals surface area contributed by atoms with Gasteiger partial charge in [-0.3, -0.25) is 9.59 Å². The van der Waals surface area contributed by atoms with Crippen molar-refractivity contribution in [3.05, 3.63) is 35.4 Å². The zero-order valence-electron chi connectivity index (χ0n) is 13.2. The molecule has 0 aromatic heterocycles. The van der Waals surface area contributed by atoms with Crippen LogP contribution in [0.1, 0.15) is 50.8 Å². The highest BCUT2D eigenvalue weighted by Gasteiger charge is 2.35. The number of hydrogen-bond acceptors (Lipinski definition) is 2. The summed E-state index contributed by atoms with van der Waals surface area (Å²) in [5, 5.41) is 2.86. The number of benzene rings is 1. The number of carbonyl (C=O) groups is 2. The average Bonchev–Trinajstić information content (AvgIpc) is 2.46. The minimum atomic E-state index is -0.505. The van der Waals surface area contributed by atoms with Crippen molar-refractivity contribution in [1.29, 1.82) is 0 Å². The molecule has 1 aliphatic rings. The van der Waals surface area contributed by atoms with Gasteiger partial charge in [0.2, 0.25) is 11.8 Å². The van der Waals surface area contributed by atoms with Crippen LogP contribution in [-0.2, 0) is 9.59 Å². The van der Waals surface area contributed by atoms with Gasteiger partial charge in [-0.2, -0.15) is 0 Å². The molecule has 1 aromatic carbocycles. The molecular formula is C17H24N2O2. The van der Waals surface area contributed by atoms with Crippen molar-refractivity contribution >= 4 is 11.8 Å². The zero-order chi connectivity index (χ0) is 15.6. The minimum absolute atomic E-state index is 0.0304. The van der Waals surface area contributed by atoms with E-state index in [-0.39, 0.29) is 17.7 Å². The van der Waals surface area contributed by atoms with E-state index in [9.17, 15) is 9.59 Å². The lowest BCUT2D eigenvalue weighted by atomic mass is 9.96. The smallest absolute Gasteiger partial charge is 0.247 e. The molecule has 0 bridgehead atoms. The highest BCUT2D eigenvalue weighted by molar-refractivity contribution is 5.90. The van der Waals surface area contributed by atoms with E-state index in [1.54, 1.807) is 4.90 Å². The number of nitrogens with zero attached hydrogens (tertiary/aromatic N) is 1. The maximum atomic E-state index is 12.3. The van der Waals surface area contributed by atoms with E-state index in [2.05, 4.69) is 19.2 Å². The largest absolute Gasteiger partial charge is 0.352 e. The predicted octanol–water partition coefficient (Wildman–Crippen LogP) is 2.47. The topological polar surface area (TPSA) is 49.4 Å². The summed E-state index contributed by atoms with van der Waals surface area (Å²) in [6.45, 7) is 9.10. The lowest BCUT2D eigenvalue weighted by Crippen LogP contribution is -2.53. The summed E-state index contributed by atoms with van der Waals surface area (Å²) in [5.74, 6) is 0.288. The monoisotopic (exact) mass is 288 g/mol. The van der Waals surface area contributed by atoms with E-state index >= 15 is 0 Å². The van der Waals surface area contributed by atoms with Gasteiger partial charge < -0.3 is 10.2 Å². The van der Waals surface area contributed by atoms with Crippen LogP contribution in [0.15, 0.2) is 24.3 Å². The van der Waals surface area contributed by atoms with Crippen LogP contribution >= 0.6 is 0 Å². The van der Waals surface area contributed by atoms with Crippen molar-refractivity contribution in [3.8, 4) is 0 Å². The Bertz CT molecular complexity index is 520. The van der Waals surface area contributed by atoms with Gasteiger partial charge >= 0.3 is 0 Å². The Hall–Kier alpha value is -1.84. The number of amides is 2. The summed E-state index contributed by atoms with van der Waals surface area (Å²) in [6.07, 6.45) is 0. The fraction of sp³-hybridized carbons (Fsp3) is 0.529. The molecule has 21 heavy (non-hydrogen) atoms. The summed E-state index contributed by atoms with van der Waals surface area (Å²) in [7, 11) is 0. The molecule has 4 nitrogen and oxygen atoms in total. The van der Waals surface area contributed by atoms with Gasteiger partial charge in [0.25, 0.3) is 0 Å². The van der Waals surface area contributed by atoms with Crippen molar-refractivity contribution in [3.63, 3.8) is 0 Å². The second-order valence-electron chi connectivity index (χ2n) is 6.20. The number of rotatable bonds is 3. The summed E-state index contributed by atoms with van der Waals surface area (Å²) in [6, 6.07) is 7.51. The van der Waals surface area contributed by atoms with Crippen LogP contribution in [0.5, 0.6) is 0 Å². The number of nitrogens with one attached hydrogen (secondary N) is 1. The summed E-state index contributed by atoms with van der Waals surface area (Å²) < 4.78 is 0. The second-order valence-corrected chi connectivity index (χ2v) is 6.20. The maximum Gasteiger partial charge on any atom is 0.247 e. The molecule has 0 spiro atoms. The minimum Gasteiger partial charge on any atom is -0.352 e. The van der Waals surface area contributed by atoms with Gasteiger partial charge in [-0.25, -0.2) is 0 Å². The maximum absolute atomic E-state index is 12.3. The van der Waals surface area contributed by atoms with Crippen LogP contribution in [0.25, 0.3) is 0 Å². The van der Waals surface area contributed by atoms with Crippen LogP contribution < -0.4 is 5.32 Å². The van der Waals surface area contributed by atoms with Crippen LogP contribution in [-0.4, -0.2) is 29.8 Å². The molecule has 1 unspecified atom stereocenters. The molecule has 114 valence electrons. The molecule has 2 rings (SSSR count). The molecular weight excluding hydrogens is 264 g/mol. The van der Waals surface area contributed by atoms with Crippen molar-refractivity contribution < 1.29 is 9.59 Å². The lowest BCUT2D eigenvalue weighted by molar-refractivity contribution is -0.145. The Morgan fingerprint density at radius 3 is 2.33 bits per heavy atom. The normalized spacial score (nSPS) is 19.0. The highest BCUT2D eigenvalue weighted by atomic mass is 16.2. The molecule has 1 N–H and O–H groups in total. The Balaban J connectivity index is 2.31. The molecule has 1 aliphatic heterocycles. The number of hydrogen-bond donors (Lipinski definition) is 1. The molecule has 1 heterocycles. The quantitative estimate of drug-likeness (QED) is 0.929. The Morgan fingerprint density at radius 2 is 1.81 bits per heavy atom. The molecule has 0 radical (unpaired) electrons. The number of piperazine rings is 1. The first-order valence-electron chi connectivity index (χ1n) is 7.60. The summed E-state index contributed by atoms with van der Waals surface area (Å²) >= 11 is 0. The fourth-order valence-corrected chi connectivity index (χ4v) is 2.63. The van der Waals surface area contributed by atoms with Crippen LogP contribution in [0.4, 0.5) is 0 Å². The number of carbonyl (C=O) groups excluding carboxylic acids is 2. The van der Waals surface area contributed by atoms with Crippen molar-refractivity contribution in [2.75, 3.05) is 13.1 Å². The molecule has 4 heteroatoms. The fourth-order valence-electron chi connectivity index (χ4n) is 2.63. The first-order valence-corrected chi connectivity index (χ1v) is 7.60. The van der Waals surface area contributed by atoms with Crippen LogP contribution in [0.2, 0.25) is 0 Å². The van der Waals surface area contributed by atoms with E-state index in [1.807, 2.05) is 38.1 Å². The van der Waals surface area contributed by atoms with E-state index in [0.29, 0.717) is 19.0 Å². The van der Waals surface area contributed by atoms with E-state index in [0.717, 1.165) is 5.56 Å². The third kappa shape index (κ3) is 3.26. The SMILES string of the molecule is CC(C)C(=O)N1CCNC(=O)C1c1ccc(C(C)C)cc1. The molecule has 0 saturated carbocycles. The Kier molecular flexibility index (Phi) is 4.66. The Labute approximate surface area is 126 Å². The average molecular weight is 288 g/mol. The zero-order valence-corrected chi connectivity index (χ0v) is 13.2. The van der Waals surface area contributed by atoms with Crippen LogP contribution in [0.3, 0.4) is 0 Å². The third-order valence-corrected chi connectivity index (χ3v) is 3.91. The third-order valence-electron chi connectivity index (χ3n) is 3.91. The first kappa shape index (κ1) is 15.5. The van der Waals surface area contributed by atoms with Gasteiger partial charge in [-0.1, -0.05) is 52.0 Å². The second kappa shape index (κ2) is 6.29. The summed E-state index contributed by atoms with van der Waals surface area (Å²) in [5.41, 5.74) is 2.11. The van der Waals surface area contributed by atoms with Gasteiger partial charge in [0, 0.05) is 19.0 Å². The van der Waals surface area contributed by atoms with Gasteiger partial charge in [0.05, 0.1) is 0 Å². The first-order chi connectivity index (χ1) is 9.91. The van der Waals surface area contributed by atoms with Gasteiger partial charge in [0.15, 0.2) is 0 Å². The summed E-state index contributed by atoms with van der Waals surface area (Å²) in [4.78, 5) is 26.3. The van der Waals surface area contributed by atoms with E-state index < -0.39 is 6.04 Å². The van der Waals surface area contributed by atoms with Crippen LogP contribution in [0, 0.1) is 5.92 Å². The molecule has 0 aliphatic carbocycles. The lowest BCUT2D eigenvalue weighted by Gasteiger charge is -2.36. The molecule has 1 fully saturated rings. The van der Waals surface area contributed by atoms with Crippen molar-refractivity contribution in [2.24, 2.45) is 5.92 Å². The van der Waals surface area contributed by atoms with Gasteiger partial charge in [-0.15, -0.1) is 0 Å². The van der Waals surface area contributed by atoms with Crippen molar-refractivity contribution in [2.45, 2.75) is 39.7 Å². The van der Waals surface area contributed by atoms with E-state index in [4.69, 9.17) is 0 Å². The molecule has 1 atom stereocenters. The predicted molar refractivity (Wildman–Crippen MR) is 82.8 cm³/mol. The molecule has 1 aromatic rings. The van der Waals surface area contributed by atoms with Gasteiger partial charge in [-0.05, 0) is 17.0 Å². The van der Waals surface area contributed by atoms with Gasteiger partial charge in [0.1, 0.15) is 6.04 Å². The molecule has 2 amide bonds.